The third kappa shape index (κ3) is 4.67. The van der Waals surface area contributed by atoms with Crippen LogP contribution in [0.3, 0.4) is 0 Å². The highest BCUT2D eigenvalue weighted by molar-refractivity contribution is 5.69. The molecule has 29 heavy (non-hydrogen) atoms. The summed E-state index contributed by atoms with van der Waals surface area (Å²) in [5.74, 6) is 1.13. The molecule has 0 unspecified atom stereocenters. The Balaban J connectivity index is 1.95. The summed E-state index contributed by atoms with van der Waals surface area (Å²) in [5, 5.41) is 26.2. The number of hydrogen-bond acceptors (Lipinski definition) is 9. The highest BCUT2D eigenvalue weighted by Crippen LogP contribution is 2.31. The van der Waals surface area contributed by atoms with Gasteiger partial charge in [0, 0.05) is 29.6 Å². The normalized spacial score (nSPS) is 9.97. The average molecular weight is 392 g/mol. The molecule has 0 saturated carbocycles. The molecule has 2 N–H and O–H groups in total. The Morgan fingerprint density at radius 1 is 1.07 bits per heavy atom. The van der Waals surface area contributed by atoms with E-state index in [1.54, 1.807) is 42.5 Å². The molecule has 0 saturated heterocycles. The number of rotatable bonds is 7. The van der Waals surface area contributed by atoms with Gasteiger partial charge in [0.25, 0.3) is 0 Å². The van der Waals surface area contributed by atoms with Gasteiger partial charge in [-0.05, 0) is 18.2 Å². The minimum Gasteiger partial charge on any atom is -0.497 e. The number of anilines is 4. The largest absolute Gasteiger partial charge is 0.497 e. The Morgan fingerprint density at radius 3 is 2.41 bits per heavy atom. The van der Waals surface area contributed by atoms with Crippen LogP contribution in [0.25, 0.3) is 0 Å². The van der Waals surface area contributed by atoms with Gasteiger partial charge in [-0.3, -0.25) is 10.1 Å². The minimum absolute atomic E-state index is 0.0146. The van der Waals surface area contributed by atoms with Gasteiger partial charge in [0.15, 0.2) is 0 Å². The molecule has 0 aliphatic heterocycles. The Bertz CT molecular complexity index is 1070. The molecule has 0 aliphatic rings. The van der Waals surface area contributed by atoms with Gasteiger partial charge < -0.3 is 20.1 Å². The Morgan fingerprint density at radius 2 is 1.79 bits per heavy atom. The molecule has 0 bridgehead atoms. The van der Waals surface area contributed by atoms with Gasteiger partial charge in [0.2, 0.25) is 11.8 Å². The van der Waals surface area contributed by atoms with E-state index in [0.717, 1.165) is 6.20 Å². The van der Waals surface area contributed by atoms with Crippen molar-refractivity contribution in [3.8, 4) is 17.6 Å². The lowest BCUT2D eigenvalue weighted by Crippen LogP contribution is -2.05. The number of benzene rings is 2. The summed E-state index contributed by atoms with van der Waals surface area (Å²) < 4.78 is 10.4. The minimum atomic E-state index is -0.584. The molecule has 3 rings (SSSR count). The Labute approximate surface area is 165 Å². The van der Waals surface area contributed by atoms with E-state index in [4.69, 9.17) is 14.7 Å². The Hall–Kier alpha value is -4.39. The monoisotopic (exact) mass is 392 g/mol. The van der Waals surface area contributed by atoms with Crippen LogP contribution in [0.4, 0.5) is 28.8 Å². The molecule has 10 heteroatoms. The van der Waals surface area contributed by atoms with Gasteiger partial charge in [-0.1, -0.05) is 6.07 Å². The predicted octanol–water partition coefficient (Wildman–Crippen LogP) is 3.76. The number of nitrogens with zero attached hydrogens (tertiary/aromatic N) is 4. The number of nitrogens with one attached hydrogen (secondary N) is 2. The molecule has 146 valence electrons. The molecular weight excluding hydrogens is 376 g/mol. The van der Waals surface area contributed by atoms with E-state index < -0.39 is 4.92 Å². The van der Waals surface area contributed by atoms with Crippen molar-refractivity contribution < 1.29 is 14.4 Å². The molecule has 1 aromatic heterocycles. The van der Waals surface area contributed by atoms with Gasteiger partial charge in [0.05, 0.1) is 30.8 Å². The first kappa shape index (κ1) is 19.4. The molecule has 0 atom stereocenters. The first-order chi connectivity index (χ1) is 14.0. The maximum absolute atomic E-state index is 11.4. The third-order valence-electron chi connectivity index (χ3n) is 3.83. The Kier molecular flexibility index (Phi) is 5.70. The van der Waals surface area contributed by atoms with Crippen LogP contribution in [-0.4, -0.2) is 29.1 Å². The number of nitro groups is 1. The van der Waals surface area contributed by atoms with Crippen molar-refractivity contribution >= 4 is 28.8 Å². The zero-order valence-electron chi connectivity index (χ0n) is 15.5. The number of aromatic nitrogens is 2. The van der Waals surface area contributed by atoms with Crippen molar-refractivity contribution in [2.24, 2.45) is 0 Å². The standard InChI is InChI=1S/C19H16N6O4/c1-28-15-7-14(8-16(9-15)29-2)22-18-17(25(26)27)11-21-19(24-18)23-13-5-3-4-12(6-13)10-20/h3-9,11H,1-2H3,(H2,21,22,23,24). The molecule has 10 nitrogen and oxygen atoms in total. The maximum Gasteiger partial charge on any atom is 0.329 e. The maximum atomic E-state index is 11.4. The fourth-order valence-electron chi connectivity index (χ4n) is 2.47. The quantitative estimate of drug-likeness (QED) is 0.455. The summed E-state index contributed by atoms with van der Waals surface area (Å²) >= 11 is 0. The van der Waals surface area contributed by atoms with E-state index in [1.165, 1.54) is 14.2 Å². The van der Waals surface area contributed by atoms with Crippen LogP contribution in [0.1, 0.15) is 5.56 Å². The van der Waals surface area contributed by atoms with E-state index in [0.29, 0.717) is 28.4 Å². The van der Waals surface area contributed by atoms with Gasteiger partial charge in [-0.15, -0.1) is 0 Å². The predicted molar refractivity (Wildman–Crippen MR) is 106 cm³/mol. The first-order valence-corrected chi connectivity index (χ1v) is 8.31. The van der Waals surface area contributed by atoms with E-state index >= 15 is 0 Å². The van der Waals surface area contributed by atoms with Gasteiger partial charge in [0.1, 0.15) is 17.7 Å². The van der Waals surface area contributed by atoms with E-state index in [-0.39, 0.29) is 17.5 Å². The van der Waals surface area contributed by atoms with Gasteiger partial charge in [-0.25, -0.2) is 4.98 Å². The van der Waals surface area contributed by atoms with Crippen molar-refractivity contribution in [2.45, 2.75) is 0 Å². The topological polar surface area (TPSA) is 135 Å². The third-order valence-corrected chi connectivity index (χ3v) is 3.83. The van der Waals surface area contributed by atoms with Crippen LogP contribution < -0.4 is 20.1 Å². The van der Waals surface area contributed by atoms with Crippen LogP contribution in [0.5, 0.6) is 11.5 Å². The number of nitriles is 1. The molecule has 0 amide bonds. The molecule has 3 aromatic rings. The molecule has 1 heterocycles. The van der Waals surface area contributed by atoms with Crippen molar-refractivity contribution in [1.29, 1.82) is 5.26 Å². The highest BCUT2D eigenvalue weighted by Gasteiger charge is 2.18. The highest BCUT2D eigenvalue weighted by atomic mass is 16.6. The fraction of sp³-hybridized carbons (Fsp3) is 0.105. The lowest BCUT2D eigenvalue weighted by Gasteiger charge is -2.11. The van der Waals surface area contributed by atoms with Crippen LogP contribution in [-0.2, 0) is 0 Å². The number of methoxy groups -OCH3 is 2. The van der Waals surface area contributed by atoms with Crippen LogP contribution in [0.15, 0.2) is 48.7 Å². The smallest absolute Gasteiger partial charge is 0.329 e. The first-order valence-electron chi connectivity index (χ1n) is 8.31. The molecule has 0 aliphatic carbocycles. The average Bonchev–Trinajstić information content (AvgIpc) is 2.73. The second-order valence-electron chi connectivity index (χ2n) is 5.73. The summed E-state index contributed by atoms with van der Waals surface area (Å²) in [7, 11) is 3.01. The summed E-state index contributed by atoms with van der Waals surface area (Å²) in [6.07, 6.45) is 1.10. The van der Waals surface area contributed by atoms with Gasteiger partial charge in [-0.2, -0.15) is 10.2 Å². The summed E-state index contributed by atoms with van der Waals surface area (Å²) in [5.41, 5.74) is 1.22. The van der Waals surface area contributed by atoms with Crippen molar-refractivity contribution in [1.82, 2.24) is 9.97 Å². The second kappa shape index (κ2) is 8.53. The number of hydrogen-bond donors (Lipinski definition) is 2. The van der Waals surface area contributed by atoms with Crippen molar-refractivity contribution in [3.63, 3.8) is 0 Å². The lowest BCUT2D eigenvalue weighted by atomic mass is 10.2. The zero-order chi connectivity index (χ0) is 20.8. The van der Waals surface area contributed by atoms with E-state index in [1.807, 2.05) is 6.07 Å². The SMILES string of the molecule is COc1cc(Nc2nc(Nc3cccc(C#N)c3)ncc2[N+](=O)[O-])cc(OC)c1. The summed E-state index contributed by atoms with van der Waals surface area (Å²) in [6.45, 7) is 0. The van der Waals surface area contributed by atoms with Crippen LogP contribution >= 0.6 is 0 Å². The molecule has 0 fully saturated rings. The summed E-state index contributed by atoms with van der Waals surface area (Å²) in [6, 6.07) is 13.7. The number of ether oxygens (including phenoxy) is 2. The molecular formula is C19H16N6O4. The van der Waals surface area contributed by atoms with Crippen LogP contribution in [0.2, 0.25) is 0 Å². The molecule has 2 aromatic carbocycles. The van der Waals surface area contributed by atoms with Crippen LogP contribution in [0, 0.1) is 21.4 Å². The van der Waals surface area contributed by atoms with Gasteiger partial charge >= 0.3 is 5.69 Å². The van der Waals surface area contributed by atoms with E-state index in [9.17, 15) is 10.1 Å². The lowest BCUT2D eigenvalue weighted by molar-refractivity contribution is -0.384. The zero-order valence-corrected chi connectivity index (χ0v) is 15.5. The summed E-state index contributed by atoms with van der Waals surface area (Å²) in [4.78, 5) is 19.0. The van der Waals surface area contributed by atoms with Crippen molar-refractivity contribution in [3.05, 3.63) is 64.3 Å². The molecule has 0 spiro atoms. The second-order valence-corrected chi connectivity index (χ2v) is 5.73. The fourth-order valence-corrected chi connectivity index (χ4v) is 2.47. The molecule has 0 radical (unpaired) electrons. The van der Waals surface area contributed by atoms with Crippen molar-refractivity contribution in [2.75, 3.05) is 24.9 Å². The van der Waals surface area contributed by atoms with E-state index in [2.05, 4.69) is 20.6 Å².